The lowest BCUT2D eigenvalue weighted by Crippen LogP contribution is -2.63. The van der Waals surface area contributed by atoms with Gasteiger partial charge >= 0.3 is 0 Å². The Morgan fingerprint density at radius 2 is 1.74 bits per heavy atom. The number of carbonyl (C=O) groups excluding carboxylic acids is 3. The van der Waals surface area contributed by atoms with Gasteiger partial charge in [0.15, 0.2) is 11.4 Å². The highest BCUT2D eigenvalue weighted by atomic mass is 19.1. The number of amides is 1. The Bertz CT molecular complexity index is 1440. The smallest absolute Gasteiger partial charge is 0.255 e. The Morgan fingerprint density at radius 1 is 1.10 bits per heavy atom. The first-order chi connectivity index (χ1) is 19.8. The number of phenolic OH excluding ortho intramolecular Hbond substituents is 1. The first kappa shape index (κ1) is 28.8. The summed E-state index contributed by atoms with van der Waals surface area (Å²) >= 11 is 0. The minimum absolute atomic E-state index is 0.0399. The Kier molecular flexibility index (Phi) is 6.98. The number of rotatable bonds is 8. The normalized spacial score (nSPS) is 29.5. The summed E-state index contributed by atoms with van der Waals surface area (Å²) < 4.78 is 16.2. The van der Waals surface area contributed by atoms with Crippen LogP contribution in [0.25, 0.3) is 0 Å². The van der Waals surface area contributed by atoms with Crippen molar-refractivity contribution in [2.75, 3.05) is 27.2 Å². The number of hydrogen-bond donors (Lipinski definition) is 5. The molecule has 0 bridgehead atoms. The number of aliphatic hydroxyl groups excluding tert-OH is 2. The summed E-state index contributed by atoms with van der Waals surface area (Å²) in [6, 6.07) is 0.174. The van der Waals surface area contributed by atoms with E-state index in [4.69, 9.17) is 5.73 Å². The Labute approximate surface area is 243 Å². The molecular formula is C31H38FN3O7. The summed E-state index contributed by atoms with van der Waals surface area (Å²) in [5.41, 5.74) is 1.53. The summed E-state index contributed by atoms with van der Waals surface area (Å²) in [5, 5.41) is 45.0. The maximum atomic E-state index is 16.2. The second-order valence-corrected chi connectivity index (χ2v) is 13.1. The van der Waals surface area contributed by atoms with Crippen molar-refractivity contribution in [2.24, 2.45) is 29.4 Å². The summed E-state index contributed by atoms with van der Waals surface area (Å²) in [6.07, 6.45) is 5.69. The predicted octanol–water partition coefficient (Wildman–Crippen LogP) is 2.27. The molecule has 11 heteroatoms. The minimum Gasteiger partial charge on any atom is -0.510 e. The van der Waals surface area contributed by atoms with Crippen LogP contribution in [0.4, 0.5) is 4.39 Å². The van der Waals surface area contributed by atoms with Crippen LogP contribution in [0.1, 0.15) is 60.0 Å². The van der Waals surface area contributed by atoms with E-state index in [2.05, 4.69) is 4.90 Å². The minimum atomic E-state index is -2.72. The van der Waals surface area contributed by atoms with E-state index in [9.17, 15) is 34.8 Å². The highest BCUT2D eigenvalue weighted by molar-refractivity contribution is 6.24. The summed E-state index contributed by atoms with van der Waals surface area (Å²) in [5.74, 6) is -6.84. The highest BCUT2D eigenvalue weighted by Gasteiger charge is 2.63. The number of fused-ring (bicyclic) bond motifs is 3. The average molecular weight is 584 g/mol. The quantitative estimate of drug-likeness (QED) is 0.289. The largest absolute Gasteiger partial charge is 0.510 e. The van der Waals surface area contributed by atoms with Crippen molar-refractivity contribution in [1.82, 2.24) is 9.80 Å². The van der Waals surface area contributed by atoms with E-state index in [0.29, 0.717) is 23.9 Å². The van der Waals surface area contributed by atoms with Gasteiger partial charge in [-0.05, 0) is 76.4 Å². The molecule has 4 atom stereocenters. The fourth-order valence-electron chi connectivity index (χ4n) is 7.62. The van der Waals surface area contributed by atoms with E-state index in [1.54, 1.807) is 14.1 Å². The number of aromatic hydroxyl groups is 1. The van der Waals surface area contributed by atoms with Gasteiger partial charge in [0.25, 0.3) is 5.91 Å². The standard InChI is InChI=1S/C31H38FN3O7/c1-34(2)25-19-9-16-8-18-22(26(37)21(16)28(39)31(19,42)29(40)23(27(25)38)30(33)41)20(36)10-17(24(18)32)13-35(12-15-6-7-15)11-14-4-3-5-14/h10,14-16,19,25,36,38-39,42H,3-9,11-13H2,1-2H3,(H2,33,41)/t16-,19-,25-,31-/m0/s1. The molecule has 0 radical (unpaired) electrons. The summed E-state index contributed by atoms with van der Waals surface area (Å²) in [7, 11) is 3.13. The van der Waals surface area contributed by atoms with Gasteiger partial charge in [0.05, 0.1) is 11.6 Å². The number of ketones is 2. The van der Waals surface area contributed by atoms with Crippen LogP contribution in [0.15, 0.2) is 28.7 Å². The number of carbonyl (C=O) groups is 3. The van der Waals surface area contributed by atoms with Crippen LogP contribution >= 0.6 is 0 Å². The van der Waals surface area contributed by atoms with Crippen molar-refractivity contribution >= 4 is 17.5 Å². The Hall–Kier alpha value is -3.28. The zero-order valence-corrected chi connectivity index (χ0v) is 23.9. The van der Waals surface area contributed by atoms with Gasteiger partial charge in [0.2, 0.25) is 5.78 Å². The molecule has 2 fully saturated rings. The molecule has 0 spiro atoms. The topological polar surface area (TPSA) is 165 Å². The number of aliphatic hydroxyl groups is 3. The average Bonchev–Trinajstić information content (AvgIpc) is 3.70. The van der Waals surface area contributed by atoms with Crippen LogP contribution in [0, 0.1) is 29.5 Å². The van der Waals surface area contributed by atoms with Gasteiger partial charge in [-0.2, -0.15) is 0 Å². The van der Waals surface area contributed by atoms with E-state index >= 15 is 4.39 Å². The Balaban J connectivity index is 1.40. The lowest BCUT2D eigenvalue weighted by atomic mass is 9.58. The third-order valence-electron chi connectivity index (χ3n) is 10.1. The van der Waals surface area contributed by atoms with Gasteiger partial charge in [0.1, 0.15) is 28.7 Å². The molecular weight excluding hydrogens is 545 g/mol. The van der Waals surface area contributed by atoms with Crippen molar-refractivity contribution in [3.8, 4) is 5.75 Å². The molecule has 6 rings (SSSR count). The fraction of sp³-hybridized carbons (Fsp3) is 0.581. The molecule has 5 aliphatic carbocycles. The van der Waals surface area contributed by atoms with Crippen molar-refractivity contribution < 1.29 is 39.2 Å². The number of halogens is 1. The van der Waals surface area contributed by atoms with E-state index in [1.165, 1.54) is 17.4 Å². The number of hydrogen-bond acceptors (Lipinski definition) is 9. The van der Waals surface area contributed by atoms with Crippen LogP contribution in [0.3, 0.4) is 0 Å². The van der Waals surface area contributed by atoms with E-state index in [0.717, 1.165) is 38.8 Å². The molecule has 1 aromatic carbocycles. The summed E-state index contributed by atoms with van der Waals surface area (Å²) in [6.45, 7) is 2.03. The molecule has 0 unspecified atom stereocenters. The van der Waals surface area contributed by atoms with E-state index in [1.807, 2.05) is 0 Å². The zero-order valence-electron chi connectivity index (χ0n) is 23.9. The van der Waals surface area contributed by atoms with Gasteiger partial charge in [-0.3, -0.25) is 24.2 Å². The van der Waals surface area contributed by atoms with Crippen molar-refractivity contribution in [3.05, 3.63) is 51.2 Å². The highest BCUT2D eigenvalue weighted by Crippen LogP contribution is 2.52. The van der Waals surface area contributed by atoms with Gasteiger partial charge in [-0.15, -0.1) is 0 Å². The molecule has 2 saturated carbocycles. The molecule has 1 aromatic rings. The molecule has 226 valence electrons. The number of primary amides is 1. The SMILES string of the molecule is CN(C)[C@@H]1C(O)=C(C(N)=O)C(=O)[C@@]2(O)C(O)=C3C(=O)c4c(O)cc(CN(CC5CCC5)CC5CC5)c(F)c4C[C@H]3C[C@@H]12. The first-order valence-electron chi connectivity index (χ1n) is 14.7. The molecule has 10 nitrogen and oxygen atoms in total. The van der Waals surface area contributed by atoms with Crippen molar-refractivity contribution in [3.63, 3.8) is 0 Å². The number of Topliss-reactive ketones (excluding diaryl/α,β-unsaturated/α-hetero) is 2. The molecule has 42 heavy (non-hydrogen) atoms. The maximum absolute atomic E-state index is 16.2. The molecule has 6 N–H and O–H groups in total. The van der Waals surface area contributed by atoms with Crippen LogP contribution in [-0.4, -0.2) is 86.5 Å². The van der Waals surface area contributed by atoms with Crippen LogP contribution in [0.5, 0.6) is 5.75 Å². The van der Waals surface area contributed by atoms with Gasteiger partial charge < -0.3 is 26.2 Å². The van der Waals surface area contributed by atoms with Crippen LogP contribution in [0.2, 0.25) is 0 Å². The molecule has 0 aromatic heterocycles. The fourth-order valence-corrected chi connectivity index (χ4v) is 7.62. The first-order valence-corrected chi connectivity index (χ1v) is 14.7. The van der Waals surface area contributed by atoms with Gasteiger partial charge in [-0.25, -0.2) is 4.39 Å². The number of allylic oxidation sites excluding steroid dienone is 1. The third kappa shape index (κ3) is 4.36. The number of phenols is 1. The molecule has 0 heterocycles. The van der Waals surface area contributed by atoms with Crippen molar-refractivity contribution in [1.29, 1.82) is 0 Å². The molecule has 5 aliphatic rings. The lowest BCUT2D eigenvalue weighted by Gasteiger charge is -2.50. The second kappa shape index (κ2) is 10.2. The van der Waals surface area contributed by atoms with E-state index in [-0.39, 0.29) is 29.5 Å². The number of nitrogens with zero attached hydrogens (tertiary/aromatic N) is 2. The van der Waals surface area contributed by atoms with Gasteiger partial charge in [0, 0.05) is 42.3 Å². The summed E-state index contributed by atoms with van der Waals surface area (Å²) in [4.78, 5) is 43.0. The molecule has 1 amide bonds. The number of likely N-dealkylation sites (N-methyl/N-ethyl adjacent to an activating group) is 1. The number of benzene rings is 1. The predicted molar refractivity (Wildman–Crippen MR) is 149 cm³/mol. The van der Waals surface area contributed by atoms with Crippen molar-refractivity contribution in [2.45, 2.75) is 63.1 Å². The zero-order chi connectivity index (χ0) is 30.2. The third-order valence-corrected chi connectivity index (χ3v) is 10.1. The lowest BCUT2D eigenvalue weighted by molar-refractivity contribution is -0.148. The Morgan fingerprint density at radius 3 is 2.29 bits per heavy atom. The van der Waals surface area contributed by atoms with Gasteiger partial charge in [-0.1, -0.05) is 6.42 Å². The number of nitrogens with two attached hydrogens (primary N) is 1. The monoisotopic (exact) mass is 583 g/mol. The van der Waals surface area contributed by atoms with E-state index < -0.39 is 69.6 Å². The maximum Gasteiger partial charge on any atom is 0.255 e. The van der Waals surface area contributed by atoms with Crippen LogP contribution in [-0.2, 0) is 22.6 Å². The molecule has 0 saturated heterocycles. The second-order valence-electron chi connectivity index (χ2n) is 13.1. The molecule has 0 aliphatic heterocycles. The van der Waals surface area contributed by atoms with Crippen LogP contribution < -0.4 is 5.73 Å².